The molecular weight excluding hydrogens is 276 g/mol. The van der Waals surface area contributed by atoms with Gasteiger partial charge in [0.1, 0.15) is 0 Å². The Morgan fingerprint density at radius 1 is 1.45 bits per heavy atom. The SMILES string of the molecule is CC[C@@H](NC(=O)NC[C@H]1CCCO1)c1ccc(Cl)cc1. The lowest BCUT2D eigenvalue weighted by atomic mass is 10.1. The molecular formula is C15H21ClN2O2. The van der Waals surface area contributed by atoms with Crippen molar-refractivity contribution in [3.63, 3.8) is 0 Å². The van der Waals surface area contributed by atoms with Crippen molar-refractivity contribution in [2.75, 3.05) is 13.2 Å². The predicted octanol–water partition coefficient (Wildman–Crippen LogP) is 3.27. The number of urea groups is 1. The Kier molecular flexibility index (Phi) is 5.68. The third-order valence-electron chi connectivity index (χ3n) is 3.50. The Morgan fingerprint density at radius 3 is 2.80 bits per heavy atom. The maximum Gasteiger partial charge on any atom is 0.315 e. The Bertz CT molecular complexity index is 430. The van der Waals surface area contributed by atoms with Crippen LogP contribution in [0.15, 0.2) is 24.3 Å². The van der Waals surface area contributed by atoms with E-state index in [0.717, 1.165) is 31.4 Å². The fourth-order valence-corrected chi connectivity index (χ4v) is 2.46. The molecule has 1 saturated heterocycles. The van der Waals surface area contributed by atoms with Crippen molar-refractivity contribution in [1.82, 2.24) is 10.6 Å². The van der Waals surface area contributed by atoms with Gasteiger partial charge < -0.3 is 15.4 Å². The summed E-state index contributed by atoms with van der Waals surface area (Å²) in [4.78, 5) is 11.9. The number of halogens is 1. The molecule has 0 aliphatic carbocycles. The van der Waals surface area contributed by atoms with E-state index in [0.29, 0.717) is 11.6 Å². The highest BCUT2D eigenvalue weighted by molar-refractivity contribution is 6.30. The van der Waals surface area contributed by atoms with Crippen LogP contribution in [0.4, 0.5) is 4.79 Å². The second-order valence-electron chi connectivity index (χ2n) is 5.00. The van der Waals surface area contributed by atoms with Crippen LogP contribution < -0.4 is 10.6 Å². The number of amides is 2. The van der Waals surface area contributed by atoms with E-state index in [1.165, 1.54) is 0 Å². The zero-order valence-electron chi connectivity index (χ0n) is 11.7. The van der Waals surface area contributed by atoms with E-state index in [9.17, 15) is 4.79 Å². The summed E-state index contributed by atoms with van der Waals surface area (Å²) in [6.07, 6.45) is 3.09. The van der Waals surface area contributed by atoms with E-state index in [1.807, 2.05) is 31.2 Å². The maximum atomic E-state index is 11.9. The van der Waals surface area contributed by atoms with Gasteiger partial charge in [-0.15, -0.1) is 0 Å². The minimum absolute atomic E-state index is 0.00300. The molecule has 2 atom stereocenters. The Labute approximate surface area is 124 Å². The van der Waals surface area contributed by atoms with Crippen molar-refractivity contribution in [2.45, 2.75) is 38.3 Å². The highest BCUT2D eigenvalue weighted by Crippen LogP contribution is 2.19. The number of ether oxygens (including phenoxy) is 1. The van der Waals surface area contributed by atoms with Crippen LogP contribution in [0.2, 0.25) is 5.02 Å². The van der Waals surface area contributed by atoms with E-state index in [4.69, 9.17) is 16.3 Å². The van der Waals surface area contributed by atoms with E-state index >= 15 is 0 Å². The summed E-state index contributed by atoms with van der Waals surface area (Å²) in [5, 5.41) is 6.55. The Morgan fingerprint density at radius 2 is 2.20 bits per heavy atom. The fraction of sp³-hybridized carbons (Fsp3) is 0.533. The summed E-state index contributed by atoms with van der Waals surface area (Å²) in [6, 6.07) is 7.41. The second kappa shape index (κ2) is 7.50. The van der Waals surface area contributed by atoms with Gasteiger partial charge in [-0.25, -0.2) is 4.79 Å². The van der Waals surface area contributed by atoms with Crippen LogP contribution >= 0.6 is 11.6 Å². The van der Waals surface area contributed by atoms with E-state index in [-0.39, 0.29) is 18.2 Å². The Balaban J connectivity index is 1.82. The zero-order chi connectivity index (χ0) is 14.4. The maximum absolute atomic E-state index is 11.9. The molecule has 20 heavy (non-hydrogen) atoms. The van der Waals surface area contributed by atoms with Crippen molar-refractivity contribution in [3.8, 4) is 0 Å². The van der Waals surface area contributed by atoms with E-state index < -0.39 is 0 Å². The van der Waals surface area contributed by atoms with E-state index in [1.54, 1.807) is 0 Å². The lowest BCUT2D eigenvalue weighted by Crippen LogP contribution is -2.41. The summed E-state index contributed by atoms with van der Waals surface area (Å²) in [5.41, 5.74) is 1.06. The number of rotatable bonds is 5. The number of benzene rings is 1. The molecule has 2 rings (SSSR count). The lowest BCUT2D eigenvalue weighted by Gasteiger charge is -2.19. The molecule has 0 bridgehead atoms. The van der Waals surface area contributed by atoms with Crippen molar-refractivity contribution < 1.29 is 9.53 Å². The molecule has 0 unspecified atom stereocenters. The number of nitrogens with one attached hydrogen (secondary N) is 2. The van der Waals surface area contributed by atoms with Gasteiger partial charge in [0, 0.05) is 18.2 Å². The zero-order valence-corrected chi connectivity index (χ0v) is 12.5. The summed E-state index contributed by atoms with van der Waals surface area (Å²) in [5.74, 6) is 0. The molecule has 1 aliphatic rings. The molecule has 0 aromatic heterocycles. The van der Waals surface area contributed by atoms with Crippen LogP contribution in [-0.4, -0.2) is 25.3 Å². The first-order valence-electron chi connectivity index (χ1n) is 7.10. The van der Waals surface area contributed by atoms with Gasteiger partial charge in [0.15, 0.2) is 0 Å². The van der Waals surface area contributed by atoms with Crippen LogP contribution in [-0.2, 0) is 4.74 Å². The average Bonchev–Trinajstić information content (AvgIpc) is 2.97. The normalized spacial score (nSPS) is 19.6. The first kappa shape index (κ1) is 15.1. The Hall–Kier alpha value is -1.26. The molecule has 110 valence electrons. The van der Waals surface area contributed by atoms with Gasteiger partial charge in [-0.05, 0) is 37.0 Å². The lowest BCUT2D eigenvalue weighted by molar-refractivity contribution is 0.111. The molecule has 1 aromatic carbocycles. The third-order valence-corrected chi connectivity index (χ3v) is 3.75. The van der Waals surface area contributed by atoms with Crippen molar-refractivity contribution in [1.29, 1.82) is 0 Å². The minimum Gasteiger partial charge on any atom is -0.376 e. The summed E-state index contributed by atoms with van der Waals surface area (Å²) < 4.78 is 5.48. The summed E-state index contributed by atoms with van der Waals surface area (Å²) in [7, 11) is 0. The monoisotopic (exact) mass is 296 g/mol. The highest BCUT2D eigenvalue weighted by atomic mass is 35.5. The van der Waals surface area contributed by atoms with Crippen LogP contribution in [0, 0.1) is 0 Å². The predicted molar refractivity (Wildman–Crippen MR) is 80.0 cm³/mol. The van der Waals surface area contributed by atoms with Gasteiger partial charge in [-0.3, -0.25) is 0 Å². The van der Waals surface area contributed by atoms with Crippen molar-refractivity contribution >= 4 is 17.6 Å². The molecule has 0 spiro atoms. The molecule has 1 aliphatic heterocycles. The first-order chi connectivity index (χ1) is 9.69. The molecule has 1 fully saturated rings. The fourth-order valence-electron chi connectivity index (χ4n) is 2.34. The van der Waals surface area contributed by atoms with Gasteiger partial charge in [-0.1, -0.05) is 30.7 Å². The van der Waals surface area contributed by atoms with Crippen molar-refractivity contribution in [3.05, 3.63) is 34.9 Å². The van der Waals surface area contributed by atoms with Crippen LogP contribution in [0.25, 0.3) is 0 Å². The number of hydrogen-bond acceptors (Lipinski definition) is 2. The smallest absolute Gasteiger partial charge is 0.315 e. The second-order valence-corrected chi connectivity index (χ2v) is 5.44. The molecule has 1 aromatic rings. The first-order valence-corrected chi connectivity index (χ1v) is 7.48. The molecule has 4 nitrogen and oxygen atoms in total. The topological polar surface area (TPSA) is 50.4 Å². The number of carbonyl (C=O) groups excluding carboxylic acids is 1. The molecule has 0 saturated carbocycles. The molecule has 2 amide bonds. The standard InChI is InChI=1S/C15H21ClN2O2/c1-2-14(11-5-7-12(16)8-6-11)18-15(19)17-10-13-4-3-9-20-13/h5-8,13-14H,2-4,9-10H2,1H3,(H2,17,18,19)/t13-,14-/m1/s1. The minimum atomic E-state index is -0.151. The van der Waals surface area contributed by atoms with Gasteiger partial charge in [0.25, 0.3) is 0 Å². The van der Waals surface area contributed by atoms with Gasteiger partial charge in [0.2, 0.25) is 0 Å². The van der Waals surface area contributed by atoms with Crippen LogP contribution in [0.5, 0.6) is 0 Å². The largest absolute Gasteiger partial charge is 0.376 e. The van der Waals surface area contributed by atoms with Crippen LogP contribution in [0.1, 0.15) is 37.8 Å². The number of carbonyl (C=O) groups is 1. The van der Waals surface area contributed by atoms with Gasteiger partial charge in [0.05, 0.1) is 12.1 Å². The summed E-state index contributed by atoms with van der Waals surface area (Å²) in [6.45, 7) is 3.42. The van der Waals surface area contributed by atoms with Gasteiger partial charge >= 0.3 is 6.03 Å². The molecule has 2 N–H and O–H groups in total. The average molecular weight is 297 g/mol. The molecule has 0 radical (unpaired) electrons. The van der Waals surface area contributed by atoms with Crippen molar-refractivity contribution in [2.24, 2.45) is 0 Å². The van der Waals surface area contributed by atoms with Gasteiger partial charge in [-0.2, -0.15) is 0 Å². The highest BCUT2D eigenvalue weighted by Gasteiger charge is 2.17. The molecule has 5 heteroatoms. The number of hydrogen-bond donors (Lipinski definition) is 2. The molecule has 1 heterocycles. The van der Waals surface area contributed by atoms with Crippen LogP contribution in [0.3, 0.4) is 0 Å². The quantitative estimate of drug-likeness (QED) is 0.876. The summed E-state index contributed by atoms with van der Waals surface area (Å²) >= 11 is 5.87. The third kappa shape index (κ3) is 4.39. The van der Waals surface area contributed by atoms with E-state index in [2.05, 4.69) is 10.6 Å².